The van der Waals surface area contributed by atoms with Crippen LogP contribution in [0.2, 0.25) is 0 Å². The summed E-state index contributed by atoms with van der Waals surface area (Å²) in [6.07, 6.45) is 0.624. The number of nitroso groups, excluding NO2 is 1. The molecular formula is C9H17N2O2+. The normalized spacial score (nSPS) is 25.5. The molecule has 0 aromatic heterocycles. The van der Waals surface area contributed by atoms with Gasteiger partial charge in [-0.3, -0.25) is 0 Å². The first-order chi connectivity index (χ1) is 5.76. The Kier molecular flexibility index (Phi) is 1.97. The molecule has 0 aromatic carbocycles. The van der Waals surface area contributed by atoms with Gasteiger partial charge in [0.15, 0.2) is 0 Å². The molecule has 0 amide bonds. The van der Waals surface area contributed by atoms with Crippen LogP contribution in [0.3, 0.4) is 0 Å². The summed E-state index contributed by atoms with van der Waals surface area (Å²) in [4.78, 5) is 11.8. The molecule has 1 heterocycles. The van der Waals surface area contributed by atoms with Crippen molar-refractivity contribution in [3.63, 3.8) is 0 Å². The van der Waals surface area contributed by atoms with Crippen molar-refractivity contribution in [3.05, 3.63) is 10.1 Å². The van der Waals surface area contributed by atoms with E-state index in [0.717, 1.165) is 9.50 Å². The van der Waals surface area contributed by atoms with Crippen LogP contribution >= 0.6 is 0 Å². The lowest BCUT2D eigenvalue weighted by molar-refractivity contribution is -0.796. The third-order valence-electron chi connectivity index (χ3n) is 2.79. The van der Waals surface area contributed by atoms with E-state index < -0.39 is 11.2 Å². The molecule has 4 heteroatoms. The molecule has 0 unspecified atom stereocenters. The largest absolute Gasteiger partial charge is 0.619 e. The minimum atomic E-state index is -0.963. The lowest BCUT2D eigenvalue weighted by atomic mass is 9.97. The van der Waals surface area contributed by atoms with Crippen LogP contribution in [0, 0.1) is 10.1 Å². The van der Waals surface area contributed by atoms with Crippen molar-refractivity contribution < 1.29 is 9.50 Å². The van der Waals surface area contributed by atoms with Gasteiger partial charge in [0.1, 0.15) is 0 Å². The molecule has 4 nitrogen and oxygen atoms in total. The maximum atomic E-state index is 11.8. The Balaban J connectivity index is 3.32. The molecule has 0 aromatic rings. The molecule has 0 saturated heterocycles. The topological polar surface area (TPSA) is 46.1 Å². The van der Waals surface area contributed by atoms with Gasteiger partial charge in [-0.05, 0) is 0 Å². The van der Waals surface area contributed by atoms with Crippen molar-refractivity contribution in [2.45, 2.75) is 52.2 Å². The minimum absolute atomic E-state index is 0.624. The molecule has 0 aliphatic carbocycles. The maximum absolute atomic E-state index is 11.8. The Labute approximate surface area is 78.4 Å². The standard InChI is InChI=1S/C9H17N2O2/c1-6-7-8(2,3)11(13)9(4,5)10(7)12/h6H2,1-5H3/q+1. The first-order valence-electron chi connectivity index (χ1n) is 4.57. The molecule has 0 bridgehead atoms. The molecule has 1 aliphatic heterocycles. The van der Waals surface area contributed by atoms with Crippen molar-refractivity contribution in [1.29, 1.82) is 0 Å². The quantitative estimate of drug-likeness (QED) is 0.460. The first kappa shape index (κ1) is 10.2. The van der Waals surface area contributed by atoms with E-state index in [1.54, 1.807) is 27.7 Å². The molecule has 1 aliphatic rings. The minimum Gasteiger partial charge on any atom is -0.619 e. The second-order valence-corrected chi connectivity index (χ2v) is 4.44. The van der Waals surface area contributed by atoms with Crippen LogP contribution in [0.15, 0.2) is 0 Å². The van der Waals surface area contributed by atoms with E-state index in [1.807, 2.05) is 6.92 Å². The second-order valence-electron chi connectivity index (χ2n) is 4.44. The van der Waals surface area contributed by atoms with Crippen LogP contribution < -0.4 is 0 Å². The van der Waals surface area contributed by atoms with Crippen molar-refractivity contribution in [3.8, 4) is 0 Å². The van der Waals surface area contributed by atoms with Crippen LogP contribution in [-0.2, 0) is 0 Å². The van der Waals surface area contributed by atoms with Gasteiger partial charge in [-0.1, -0.05) is 6.92 Å². The Morgan fingerprint density at radius 1 is 1.31 bits per heavy atom. The number of rotatable bonds is 1. The fourth-order valence-corrected chi connectivity index (χ4v) is 2.04. The molecular weight excluding hydrogens is 168 g/mol. The zero-order valence-electron chi connectivity index (χ0n) is 8.92. The Bertz CT molecular complexity index is 290. The summed E-state index contributed by atoms with van der Waals surface area (Å²) in [6, 6.07) is 0. The van der Waals surface area contributed by atoms with Crippen molar-refractivity contribution >= 4 is 5.71 Å². The molecule has 0 N–H and O–H groups in total. The van der Waals surface area contributed by atoms with E-state index >= 15 is 0 Å². The summed E-state index contributed by atoms with van der Waals surface area (Å²) < 4.78 is 1.73. The highest BCUT2D eigenvalue weighted by molar-refractivity contribution is 5.87. The van der Waals surface area contributed by atoms with Crippen LogP contribution in [0.1, 0.15) is 41.0 Å². The summed E-state index contributed by atoms with van der Waals surface area (Å²) >= 11 is 0. The Morgan fingerprint density at radius 3 is 1.92 bits per heavy atom. The van der Waals surface area contributed by atoms with Gasteiger partial charge in [0.25, 0.3) is 5.54 Å². The lowest BCUT2D eigenvalue weighted by Gasteiger charge is -2.10. The van der Waals surface area contributed by atoms with Gasteiger partial charge < -0.3 is 5.21 Å². The molecule has 0 spiro atoms. The predicted molar refractivity (Wildman–Crippen MR) is 50.7 cm³/mol. The molecule has 13 heavy (non-hydrogen) atoms. The summed E-state index contributed by atoms with van der Waals surface area (Å²) in [5.41, 5.74) is -0.970. The average Bonchev–Trinajstić information content (AvgIpc) is 2.12. The fraction of sp³-hybridized carbons (Fsp3) is 0.889. The summed E-state index contributed by atoms with van der Waals surface area (Å²) in [6.45, 7) is 8.78. The zero-order valence-corrected chi connectivity index (χ0v) is 8.92. The lowest BCUT2D eigenvalue weighted by Crippen LogP contribution is -2.44. The van der Waals surface area contributed by atoms with E-state index in [2.05, 4.69) is 0 Å². The molecule has 1 rings (SSSR count). The summed E-state index contributed by atoms with van der Waals surface area (Å²) in [5.74, 6) is 0. The van der Waals surface area contributed by atoms with Gasteiger partial charge in [-0.2, -0.15) is 0 Å². The fourth-order valence-electron chi connectivity index (χ4n) is 2.04. The number of nitrogens with zero attached hydrogens (tertiary/aromatic N) is 2. The van der Waals surface area contributed by atoms with Crippen molar-refractivity contribution in [2.75, 3.05) is 0 Å². The van der Waals surface area contributed by atoms with E-state index in [1.165, 1.54) is 0 Å². The molecule has 74 valence electrons. The highest BCUT2D eigenvalue weighted by Crippen LogP contribution is 2.30. The van der Waals surface area contributed by atoms with Crippen LogP contribution in [-0.4, -0.2) is 26.4 Å². The van der Waals surface area contributed by atoms with Crippen molar-refractivity contribution in [1.82, 2.24) is 0 Å². The summed E-state index contributed by atoms with van der Waals surface area (Å²) in [5, 5.41) is 11.7. The third kappa shape index (κ3) is 1.08. The smallest absolute Gasteiger partial charge is 0.401 e. The predicted octanol–water partition coefficient (Wildman–Crippen LogP) is 1.65. The highest BCUT2D eigenvalue weighted by atomic mass is 16.5. The number of hydrogen-bond acceptors (Lipinski definition) is 2. The second kappa shape index (κ2) is 2.53. The number of hydrogen-bond donors (Lipinski definition) is 0. The maximum Gasteiger partial charge on any atom is 0.401 e. The Morgan fingerprint density at radius 2 is 1.77 bits per heavy atom. The average molecular weight is 185 g/mol. The van der Waals surface area contributed by atoms with Gasteiger partial charge in [0, 0.05) is 25.2 Å². The summed E-state index contributed by atoms with van der Waals surface area (Å²) in [7, 11) is 0. The Hall–Kier alpha value is -0.930. The van der Waals surface area contributed by atoms with Gasteiger partial charge in [0.05, 0.1) is 18.6 Å². The van der Waals surface area contributed by atoms with Crippen LogP contribution in [0.4, 0.5) is 0 Å². The molecule has 0 fully saturated rings. The van der Waals surface area contributed by atoms with Gasteiger partial charge >= 0.3 is 5.66 Å². The van der Waals surface area contributed by atoms with E-state index in [9.17, 15) is 10.1 Å². The zero-order chi connectivity index (χ0) is 10.4. The molecule has 0 atom stereocenters. The highest BCUT2D eigenvalue weighted by Gasteiger charge is 2.65. The number of hydroxylamine groups is 1. The first-order valence-corrected chi connectivity index (χ1v) is 4.57. The van der Waals surface area contributed by atoms with Crippen LogP contribution in [0.25, 0.3) is 0 Å². The monoisotopic (exact) mass is 185 g/mol. The van der Waals surface area contributed by atoms with E-state index in [0.29, 0.717) is 12.1 Å². The van der Waals surface area contributed by atoms with E-state index in [4.69, 9.17) is 0 Å². The van der Waals surface area contributed by atoms with Gasteiger partial charge in [-0.15, -0.1) is 4.74 Å². The van der Waals surface area contributed by atoms with Gasteiger partial charge in [-0.25, -0.2) is 0 Å². The molecule has 0 saturated carbocycles. The van der Waals surface area contributed by atoms with Gasteiger partial charge in [0.2, 0.25) is 5.71 Å². The van der Waals surface area contributed by atoms with Crippen LogP contribution in [0.5, 0.6) is 0 Å². The van der Waals surface area contributed by atoms with Crippen molar-refractivity contribution in [2.24, 2.45) is 0 Å². The SMILES string of the molecule is CCC1=[N+]([O-])C(C)(C)[N+](=O)C1(C)C. The molecule has 0 radical (unpaired) electrons. The third-order valence-corrected chi connectivity index (χ3v) is 2.79. The van der Waals surface area contributed by atoms with E-state index in [-0.39, 0.29) is 0 Å².